The predicted octanol–water partition coefficient (Wildman–Crippen LogP) is 1.71. The predicted molar refractivity (Wildman–Crippen MR) is 118 cm³/mol. The summed E-state index contributed by atoms with van der Waals surface area (Å²) in [6, 6.07) is 12.4. The summed E-state index contributed by atoms with van der Waals surface area (Å²) in [7, 11) is 0. The van der Waals surface area contributed by atoms with Crippen LogP contribution in [0.1, 0.15) is 10.4 Å². The van der Waals surface area contributed by atoms with Gasteiger partial charge in [-0.3, -0.25) is 18.7 Å². The number of amides is 1. The molecule has 0 bridgehead atoms. The highest BCUT2D eigenvalue weighted by atomic mass is 32.1. The van der Waals surface area contributed by atoms with Gasteiger partial charge in [0.2, 0.25) is 12.7 Å². The fraction of sp³-hybridized carbons (Fsp3) is 0.182. The SMILES string of the molecule is O=C(Cn1c(=O)n(Cc2cccs2)c(=O)c2ncccc21)NCc1ccc2c(c1)OCO2. The molecule has 0 radical (unpaired) electrons. The highest BCUT2D eigenvalue weighted by Crippen LogP contribution is 2.32. The van der Waals surface area contributed by atoms with E-state index in [1.54, 1.807) is 24.3 Å². The number of carbonyl (C=O) groups is 1. The number of nitrogens with zero attached hydrogens (tertiary/aromatic N) is 3. The Hall–Kier alpha value is -3.92. The maximum absolute atomic E-state index is 13.2. The van der Waals surface area contributed by atoms with Crippen molar-refractivity contribution in [2.45, 2.75) is 19.6 Å². The van der Waals surface area contributed by atoms with Crippen molar-refractivity contribution < 1.29 is 14.3 Å². The number of pyridine rings is 1. The number of fused-ring (bicyclic) bond motifs is 2. The maximum Gasteiger partial charge on any atom is 0.332 e. The number of hydrogen-bond acceptors (Lipinski definition) is 7. The van der Waals surface area contributed by atoms with Gasteiger partial charge in [0.15, 0.2) is 17.0 Å². The van der Waals surface area contributed by atoms with E-state index in [1.807, 2.05) is 23.6 Å². The van der Waals surface area contributed by atoms with E-state index in [-0.39, 0.29) is 37.9 Å². The zero-order chi connectivity index (χ0) is 22.1. The van der Waals surface area contributed by atoms with Gasteiger partial charge < -0.3 is 14.8 Å². The molecule has 0 saturated heterocycles. The van der Waals surface area contributed by atoms with Gasteiger partial charge in [-0.25, -0.2) is 9.78 Å². The van der Waals surface area contributed by atoms with Gasteiger partial charge in [-0.15, -0.1) is 11.3 Å². The molecular weight excluding hydrogens is 432 g/mol. The lowest BCUT2D eigenvalue weighted by Crippen LogP contribution is -2.43. The second-order valence-electron chi connectivity index (χ2n) is 7.17. The average molecular weight is 450 g/mol. The molecule has 0 aliphatic carbocycles. The minimum absolute atomic E-state index is 0.126. The Balaban J connectivity index is 1.42. The number of nitrogens with one attached hydrogen (secondary N) is 1. The van der Waals surface area contributed by atoms with E-state index in [2.05, 4.69) is 10.3 Å². The van der Waals surface area contributed by atoms with Crippen LogP contribution >= 0.6 is 11.3 Å². The molecule has 0 atom stereocenters. The topological polar surface area (TPSA) is 104 Å². The van der Waals surface area contributed by atoms with Crippen molar-refractivity contribution in [3.63, 3.8) is 0 Å². The number of thiophene rings is 1. The van der Waals surface area contributed by atoms with Crippen LogP contribution in [0.3, 0.4) is 0 Å². The van der Waals surface area contributed by atoms with Crippen molar-refractivity contribution in [2.24, 2.45) is 0 Å². The van der Waals surface area contributed by atoms with E-state index in [1.165, 1.54) is 22.1 Å². The van der Waals surface area contributed by atoms with Crippen molar-refractivity contribution in [3.05, 3.63) is 85.3 Å². The largest absolute Gasteiger partial charge is 0.454 e. The normalized spacial score (nSPS) is 12.2. The van der Waals surface area contributed by atoms with Gasteiger partial charge in [0.05, 0.1) is 12.1 Å². The van der Waals surface area contributed by atoms with Gasteiger partial charge in [0, 0.05) is 17.6 Å². The van der Waals surface area contributed by atoms with Crippen LogP contribution in [0.4, 0.5) is 0 Å². The molecule has 4 heterocycles. The fourth-order valence-corrected chi connectivity index (χ4v) is 4.24. The average Bonchev–Trinajstić information content (AvgIpc) is 3.49. The Morgan fingerprint density at radius 2 is 1.97 bits per heavy atom. The molecule has 1 N–H and O–H groups in total. The first kappa shape index (κ1) is 20.0. The van der Waals surface area contributed by atoms with E-state index < -0.39 is 11.2 Å². The van der Waals surface area contributed by atoms with E-state index in [0.717, 1.165) is 15.0 Å². The zero-order valence-corrected chi connectivity index (χ0v) is 17.6. The molecule has 4 aromatic rings. The Bertz CT molecular complexity index is 1420. The lowest BCUT2D eigenvalue weighted by molar-refractivity contribution is -0.121. The Kier molecular flexibility index (Phi) is 5.20. The molecule has 3 aromatic heterocycles. The summed E-state index contributed by atoms with van der Waals surface area (Å²) >= 11 is 1.45. The quantitative estimate of drug-likeness (QED) is 0.480. The summed E-state index contributed by atoms with van der Waals surface area (Å²) in [5.74, 6) is 0.931. The Morgan fingerprint density at radius 1 is 1.09 bits per heavy atom. The van der Waals surface area contributed by atoms with Crippen molar-refractivity contribution >= 4 is 28.3 Å². The summed E-state index contributed by atoms with van der Waals surface area (Å²) in [5.41, 5.74) is 0.276. The first-order valence-electron chi connectivity index (χ1n) is 9.86. The highest BCUT2D eigenvalue weighted by Gasteiger charge is 2.17. The van der Waals surface area contributed by atoms with Gasteiger partial charge in [0.25, 0.3) is 5.56 Å². The van der Waals surface area contributed by atoms with Gasteiger partial charge in [0.1, 0.15) is 6.54 Å². The van der Waals surface area contributed by atoms with Crippen LogP contribution < -0.4 is 26.0 Å². The fourth-order valence-electron chi connectivity index (χ4n) is 3.54. The summed E-state index contributed by atoms with van der Waals surface area (Å²) in [6.45, 7) is 0.322. The van der Waals surface area contributed by atoms with Crippen LogP contribution in [0.15, 0.2) is 63.6 Å². The van der Waals surface area contributed by atoms with Crippen molar-refractivity contribution in [1.82, 2.24) is 19.4 Å². The molecule has 1 amide bonds. The third-order valence-corrected chi connectivity index (χ3v) is 5.97. The molecule has 1 aliphatic rings. The van der Waals surface area contributed by atoms with Gasteiger partial charge in [-0.1, -0.05) is 12.1 Å². The van der Waals surface area contributed by atoms with Crippen LogP contribution in [-0.4, -0.2) is 26.8 Å². The van der Waals surface area contributed by atoms with Crippen LogP contribution in [-0.2, 0) is 24.4 Å². The number of ether oxygens (including phenoxy) is 2. The van der Waals surface area contributed by atoms with E-state index >= 15 is 0 Å². The van der Waals surface area contributed by atoms with E-state index in [0.29, 0.717) is 17.0 Å². The van der Waals surface area contributed by atoms with Gasteiger partial charge in [-0.05, 0) is 41.3 Å². The van der Waals surface area contributed by atoms with Crippen molar-refractivity contribution in [1.29, 1.82) is 0 Å². The second-order valence-corrected chi connectivity index (χ2v) is 8.21. The summed E-state index contributed by atoms with van der Waals surface area (Å²) < 4.78 is 13.0. The molecule has 0 saturated carbocycles. The zero-order valence-electron chi connectivity index (χ0n) is 16.8. The molecule has 9 nitrogen and oxygen atoms in total. The Labute approximate surface area is 185 Å². The van der Waals surface area contributed by atoms with E-state index in [9.17, 15) is 14.4 Å². The standard InChI is InChI=1S/C22H18N4O5S/c27-19(24-10-14-5-6-17-18(9-14)31-13-30-17)12-25-16-4-1-7-23-20(16)21(28)26(22(25)29)11-15-3-2-8-32-15/h1-9H,10-13H2,(H,24,27). The summed E-state index contributed by atoms with van der Waals surface area (Å²) in [4.78, 5) is 43.8. The van der Waals surface area contributed by atoms with Crippen molar-refractivity contribution in [3.8, 4) is 11.5 Å². The smallest absolute Gasteiger partial charge is 0.332 e. The lowest BCUT2D eigenvalue weighted by Gasteiger charge is -2.13. The molecule has 0 unspecified atom stereocenters. The summed E-state index contributed by atoms with van der Waals surface area (Å²) in [6.07, 6.45) is 1.49. The second kappa shape index (κ2) is 8.31. The highest BCUT2D eigenvalue weighted by molar-refractivity contribution is 7.09. The molecule has 32 heavy (non-hydrogen) atoms. The van der Waals surface area contributed by atoms with Crippen LogP contribution in [0.2, 0.25) is 0 Å². The number of hydrogen-bond donors (Lipinski definition) is 1. The molecule has 162 valence electrons. The molecule has 10 heteroatoms. The number of rotatable bonds is 6. The third-order valence-electron chi connectivity index (χ3n) is 5.11. The molecular formula is C22H18N4O5S. The minimum atomic E-state index is -0.554. The number of aromatic nitrogens is 3. The first-order valence-corrected chi connectivity index (χ1v) is 10.7. The lowest BCUT2D eigenvalue weighted by atomic mass is 10.2. The molecule has 5 rings (SSSR count). The third kappa shape index (κ3) is 3.76. The van der Waals surface area contributed by atoms with Crippen molar-refractivity contribution in [2.75, 3.05) is 6.79 Å². The molecule has 0 spiro atoms. The maximum atomic E-state index is 13.2. The first-order chi connectivity index (χ1) is 15.6. The van der Waals surface area contributed by atoms with Gasteiger partial charge in [-0.2, -0.15) is 0 Å². The monoisotopic (exact) mass is 450 g/mol. The molecule has 1 aromatic carbocycles. The molecule has 0 fully saturated rings. The molecule has 1 aliphatic heterocycles. The van der Waals surface area contributed by atoms with Gasteiger partial charge >= 0.3 is 5.69 Å². The Morgan fingerprint density at radius 3 is 2.81 bits per heavy atom. The minimum Gasteiger partial charge on any atom is -0.454 e. The van der Waals surface area contributed by atoms with E-state index in [4.69, 9.17) is 9.47 Å². The number of benzene rings is 1. The van der Waals surface area contributed by atoms with Crippen LogP contribution in [0.5, 0.6) is 11.5 Å². The van der Waals surface area contributed by atoms with Crippen LogP contribution in [0, 0.1) is 0 Å². The number of carbonyl (C=O) groups excluding carboxylic acids is 1. The summed E-state index contributed by atoms with van der Waals surface area (Å²) in [5, 5.41) is 4.69. The van der Waals surface area contributed by atoms with Crippen LogP contribution in [0.25, 0.3) is 11.0 Å².